The fourth-order valence-electron chi connectivity index (χ4n) is 3.22. The quantitative estimate of drug-likeness (QED) is 0.183. The third-order valence-corrected chi connectivity index (χ3v) is 6.26. The molecule has 0 aliphatic heterocycles. The third-order valence-electron chi connectivity index (χ3n) is 5.09. The van der Waals surface area contributed by atoms with Crippen LogP contribution in [-0.2, 0) is 11.3 Å². The van der Waals surface area contributed by atoms with Crippen molar-refractivity contribution in [1.29, 1.82) is 0 Å². The van der Waals surface area contributed by atoms with E-state index in [0.29, 0.717) is 17.2 Å². The number of amides is 2. The first-order chi connectivity index (χ1) is 17.7. The van der Waals surface area contributed by atoms with Crippen molar-refractivity contribution >= 4 is 46.7 Å². The number of hydrogen-bond donors (Lipinski definition) is 4. The van der Waals surface area contributed by atoms with Crippen LogP contribution in [0, 0.1) is 0 Å². The van der Waals surface area contributed by atoms with Gasteiger partial charge in [0.2, 0.25) is 5.95 Å². The molecule has 2 heterocycles. The molecule has 2 aromatic heterocycles. The van der Waals surface area contributed by atoms with E-state index in [9.17, 15) is 24.6 Å². The lowest BCUT2D eigenvalue weighted by Gasteiger charge is -2.24. The minimum absolute atomic E-state index is 0.00862. The molecule has 0 fully saturated rings. The number of aromatic nitrogens is 4. The van der Waals surface area contributed by atoms with Gasteiger partial charge in [-0.1, -0.05) is 34.9 Å². The van der Waals surface area contributed by atoms with Crippen molar-refractivity contribution in [2.75, 3.05) is 5.32 Å². The van der Waals surface area contributed by atoms with E-state index in [1.165, 1.54) is 35.9 Å². The number of halogens is 1. The standard InChI is InChI=1S/C23H20ClN7O5S/c1-13(22(35)36)27-31(21(34)19-6-3-9-37-19)20(33)17-8-7-15(11-18(17)24)30-23(26-28-29-30)25-12-14-4-2-5-16(32)10-14/h2-11,13,27,32H,12H2,1H3,(H,35,36)(H,25,26,29)/t13-/m0/s1. The lowest BCUT2D eigenvalue weighted by molar-refractivity contribution is -0.139. The summed E-state index contributed by atoms with van der Waals surface area (Å²) in [5.41, 5.74) is 3.62. The molecule has 4 N–H and O–H groups in total. The molecule has 4 rings (SSSR count). The summed E-state index contributed by atoms with van der Waals surface area (Å²) in [6, 6.07) is 13.0. The molecule has 12 nitrogen and oxygen atoms in total. The molecule has 2 amide bonds. The Kier molecular flexibility index (Phi) is 7.77. The number of phenolic OH excluding ortho intramolecular Hbond substituents is 1. The van der Waals surface area contributed by atoms with Gasteiger partial charge in [-0.05, 0) is 64.7 Å². The maximum Gasteiger partial charge on any atom is 0.322 e. The second kappa shape index (κ2) is 11.2. The van der Waals surface area contributed by atoms with Gasteiger partial charge in [-0.3, -0.25) is 14.4 Å². The number of aliphatic carboxylic acids is 1. The van der Waals surface area contributed by atoms with Gasteiger partial charge in [0.25, 0.3) is 11.8 Å². The number of nitrogens with one attached hydrogen (secondary N) is 2. The Balaban J connectivity index is 1.58. The van der Waals surface area contributed by atoms with Gasteiger partial charge in [0.1, 0.15) is 11.8 Å². The van der Waals surface area contributed by atoms with E-state index in [-0.39, 0.29) is 27.2 Å². The summed E-state index contributed by atoms with van der Waals surface area (Å²) >= 11 is 7.53. The zero-order valence-electron chi connectivity index (χ0n) is 19.2. The Morgan fingerprint density at radius 3 is 2.62 bits per heavy atom. The fraction of sp³-hybridized carbons (Fsp3) is 0.130. The molecule has 190 valence electrons. The van der Waals surface area contributed by atoms with Crippen LogP contribution in [0.2, 0.25) is 5.02 Å². The highest BCUT2D eigenvalue weighted by Crippen LogP contribution is 2.24. The first kappa shape index (κ1) is 25.8. The second-order valence-electron chi connectivity index (χ2n) is 7.71. The average Bonchev–Trinajstić information content (AvgIpc) is 3.57. The van der Waals surface area contributed by atoms with Gasteiger partial charge in [0.05, 0.1) is 21.2 Å². The molecule has 14 heteroatoms. The van der Waals surface area contributed by atoms with Crippen LogP contribution in [0.1, 0.15) is 32.5 Å². The number of carbonyl (C=O) groups excluding carboxylic acids is 2. The topological polar surface area (TPSA) is 163 Å². The van der Waals surface area contributed by atoms with Gasteiger partial charge in [-0.2, -0.15) is 4.68 Å². The van der Waals surface area contributed by atoms with E-state index in [0.717, 1.165) is 16.9 Å². The monoisotopic (exact) mass is 541 g/mol. The van der Waals surface area contributed by atoms with Crippen LogP contribution in [-0.4, -0.2) is 59.3 Å². The van der Waals surface area contributed by atoms with E-state index in [1.807, 2.05) is 6.07 Å². The number of carboxylic acids is 1. The summed E-state index contributed by atoms with van der Waals surface area (Å²) in [6.07, 6.45) is 0. The van der Waals surface area contributed by atoms with E-state index >= 15 is 0 Å². The molecule has 4 aromatic rings. The first-order valence-electron chi connectivity index (χ1n) is 10.8. The molecular weight excluding hydrogens is 522 g/mol. The minimum atomic E-state index is -1.25. The van der Waals surface area contributed by atoms with Crippen molar-refractivity contribution < 1.29 is 24.6 Å². The van der Waals surface area contributed by atoms with Crippen molar-refractivity contribution in [3.05, 3.63) is 81.0 Å². The average molecular weight is 542 g/mol. The second-order valence-corrected chi connectivity index (χ2v) is 9.07. The summed E-state index contributed by atoms with van der Waals surface area (Å²) < 4.78 is 1.36. The van der Waals surface area contributed by atoms with Crippen molar-refractivity contribution in [1.82, 2.24) is 30.6 Å². The number of imide groups is 1. The molecule has 0 saturated heterocycles. The molecule has 0 aliphatic rings. The third kappa shape index (κ3) is 5.91. The maximum atomic E-state index is 13.3. The van der Waals surface area contributed by atoms with Gasteiger partial charge in [0.15, 0.2) is 0 Å². The number of hydrogen-bond acceptors (Lipinski definition) is 10. The molecule has 37 heavy (non-hydrogen) atoms. The number of benzene rings is 2. The summed E-state index contributed by atoms with van der Waals surface area (Å²) in [4.78, 5) is 37.9. The largest absolute Gasteiger partial charge is 0.508 e. The summed E-state index contributed by atoms with van der Waals surface area (Å²) in [5.74, 6) is -2.38. The molecular formula is C23H20ClN7O5S. The van der Waals surface area contributed by atoms with E-state index < -0.39 is 23.8 Å². The molecule has 0 saturated carbocycles. The molecule has 1 atom stereocenters. The van der Waals surface area contributed by atoms with Gasteiger partial charge >= 0.3 is 5.97 Å². The predicted octanol–water partition coefficient (Wildman–Crippen LogP) is 2.96. The van der Waals surface area contributed by atoms with Gasteiger partial charge < -0.3 is 15.5 Å². The number of carbonyl (C=O) groups is 3. The number of nitrogens with zero attached hydrogens (tertiary/aromatic N) is 5. The summed E-state index contributed by atoms with van der Waals surface area (Å²) in [6.45, 7) is 1.63. The molecule has 0 bridgehead atoms. The highest BCUT2D eigenvalue weighted by molar-refractivity contribution is 7.12. The van der Waals surface area contributed by atoms with E-state index in [2.05, 4.69) is 26.3 Å². The van der Waals surface area contributed by atoms with Crippen LogP contribution in [0.5, 0.6) is 5.75 Å². The first-order valence-corrected chi connectivity index (χ1v) is 12.0. The predicted molar refractivity (Wildman–Crippen MR) is 135 cm³/mol. The van der Waals surface area contributed by atoms with E-state index in [4.69, 9.17) is 11.6 Å². The maximum absolute atomic E-state index is 13.3. The molecule has 0 unspecified atom stereocenters. The van der Waals surface area contributed by atoms with Crippen LogP contribution in [0.3, 0.4) is 0 Å². The number of tetrazole rings is 1. The number of hydrazine groups is 1. The number of anilines is 1. The highest BCUT2D eigenvalue weighted by atomic mass is 35.5. The zero-order chi connectivity index (χ0) is 26.5. The normalized spacial score (nSPS) is 11.6. The SMILES string of the molecule is C[C@H](NN(C(=O)c1cccs1)C(=O)c1ccc(-n2nnnc2NCc2cccc(O)c2)cc1Cl)C(=O)O. The van der Waals surface area contributed by atoms with Crippen LogP contribution in [0.4, 0.5) is 5.95 Å². The summed E-state index contributed by atoms with van der Waals surface area (Å²) in [7, 11) is 0. The van der Waals surface area contributed by atoms with Crippen LogP contribution in [0.25, 0.3) is 5.69 Å². The van der Waals surface area contributed by atoms with Crippen molar-refractivity contribution in [2.45, 2.75) is 19.5 Å². The van der Waals surface area contributed by atoms with Crippen molar-refractivity contribution in [3.8, 4) is 11.4 Å². The molecule has 0 radical (unpaired) electrons. The van der Waals surface area contributed by atoms with Crippen LogP contribution >= 0.6 is 22.9 Å². The van der Waals surface area contributed by atoms with Crippen LogP contribution in [0.15, 0.2) is 60.0 Å². The lowest BCUT2D eigenvalue weighted by Crippen LogP contribution is -2.52. The lowest BCUT2D eigenvalue weighted by atomic mass is 10.2. The Hall–Kier alpha value is -4.33. The van der Waals surface area contributed by atoms with Gasteiger partial charge in [-0.25, -0.2) is 10.4 Å². The number of aromatic hydroxyl groups is 1. The minimum Gasteiger partial charge on any atom is -0.508 e. The number of rotatable bonds is 9. The zero-order valence-corrected chi connectivity index (χ0v) is 20.8. The Morgan fingerprint density at radius 1 is 1.14 bits per heavy atom. The summed E-state index contributed by atoms with van der Waals surface area (Å²) in [5, 5.41) is 35.8. The Morgan fingerprint density at radius 2 is 1.95 bits per heavy atom. The van der Waals surface area contributed by atoms with Gasteiger partial charge in [0, 0.05) is 6.54 Å². The number of carboxylic acid groups (broad SMARTS) is 1. The number of thiophene rings is 1. The molecule has 0 spiro atoms. The molecule has 2 aromatic carbocycles. The Labute approximate surface area is 219 Å². The van der Waals surface area contributed by atoms with Crippen molar-refractivity contribution in [2.24, 2.45) is 0 Å². The highest BCUT2D eigenvalue weighted by Gasteiger charge is 2.30. The fourth-order valence-corrected chi connectivity index (χ4v) is 4.13. The van der Waals surface area contributed by atoms with Gasteiger partial charge in [-0.15, -0.1) is 11.3 Å². The number of phenols is 1. The smallest absolute Gasteiger partial charge is 0.322 e. The van der Waals surface area contributed by atoms with Crippen LogP contribution < -0.4 is 10.7 Å². The van der Waals surface area contributed by atoms with E-state index in [1.54, 1.807) is 29.6 Å². The molecule has 0 aliphatic carbocycles. The Bertz CT molecular complexity index is 1440. The van der Waals surface area contributed by atoms with Crippen molar-refractivity contribution in [3.63, 3.8) is 0 Å².